The van der Waals surface area contributed by atoms with Crippen LogP contribution < -0.4 is 5.41 Å². The minimum Gasteiger partial charge on any atom is -0.123 e. The summed E-state index contributed by atoms with van der Waals surface area (Å²) in [6, 6.07) is 0. The molecule has 0 aliphatic carbocycles. The van der Waals surface area contributed by atoms with Gasteiger partial charge in [-0.1, -0.05) is 0 Å². The number of hydrogen-bond acceptors (Lipinski definition) is 0. The van der Waals surface area contributed by atoms with Crippen molar-refractivity contribution in [3.05, 3.63) is 0 Å². The molecule has 0 unspecified atom stereocenters. The zero-order valence-corrected chi connectivity index (χ0v) is 3.22. The van der Waals surface area contributed by atoms with Crippen LogP contribution >= 0.6 is 23.2 Å². The number of nitrogens with zero attached hydrogens (tertiary/aromatic N) is 1. The van der Waals surface area contributed by atoms with E-state index in [9.17, 15) is 0 Å². The Labute approximate surface area is 34.0 Å². The van der Waals surface area contributed by atoms with Crippen molar-refractivity contribution in [3.8, 4) is 0 Å². The molecule has 23 valence electrons. The molecule has 4 heavy (non-hydrogen) atoms. The fourth-order valence-electron chi connectivity index (χ4n) is 0. The maximum absolute atomic E-state index is 7.50. The summed E-state index contributed by atoms with van der Waals surface area (Å²) in [5, 5.41) is 7.50. The minimum atomic E-state index is -0.639. The molecule has 0 N–H and O–H groups in total. The molecule has 0 spiro atoms. The Balaban J connectivity index is 2.80. The molecule has 3 heteroatoms. The Kier molecular flexibility index (Phi) is 1.66. The van der Waals surface area contributed by atoms with E-state index in [1.54, 1.807) is 0 Å². The van der Waals surface area contributed by atoms with E-state index in [0.29, 0.717) is 0 Å². The van der Waals surface area contributed by atoms with Crippen LogP contribution in [0.1, 0.15) is 0 Å². The summed E-state index contributed by atoms with van der Waals surface area (Å²) in [5.74, 6) is 0. The molecule has 1 radical (unpaired) electrons. The molecule has 0 aliphatic rings. The molecule has 0 saturated carbocycles. The van der Waals surface area contributed by atoms with Gasteiger partial charge >= 0.3 is 0 Å². The normalized spacial score (nSPS) is 6.50. The third-order valence-corrected chi connectivity index (χ3v) is 0. The molecule has 0 aromatic carbocycles. The van der Waals surface area contributed by atoms with Gasteiger partial charge in [0.05, 0.1) is 0 Å². The lowest BCUT2D eigenvalue weighted by Gasteiger charge is -1.51. The quantitative estimate of drug-likeness (QED) is 0.395. The second-order valence-corrected chi connectivity index (χ2v) is 1.15. The molecule has 0 saturated heterocycles. The zero-order chi connectivity index (χ0) is 3.58. The third-order valence-electron chi connectivity index (χ3n) is 0. The van der Waals surface area contributed by atoms with Gasteiger partial charge in [0.25, 0.3) is 0 Å². The van der Waals surface area contributed by atoms with Crippen molar-refractivity contribution in [2.75, 3.05) is 0 Å². The van der Waals surface area contributed by atoms with E-state index >= 15 is 0 Å². The predicted octanol–water partition coefficient (Wildman–Crippen LogP) is 0.620. The van der Waals surface area contributed by atoms with Gasteiger partial charge in [0.1, 0.15) is 0 Å². The molecule has 0 heterocycles. The topological polar surface area (TPSA) is 22.3 Å². The smallest absolute Gasteiger partial charge is 0.123 e. The first-order valence-electron chi connectivity index (χ1n) is 0.602. The molecule has 0 aromatic heterocycles. The average Bonchev–Trinajstić information content (AvgIpc) is 0.811. The monoisotopic (exact) mass is 95.9 g/mol. The van der Waals surface area contributed by atoms with E-state index in [4.69, 9.17) is 5.41 Å². The fourth-order valence-corrected chi connectivity index (χ4v) is 0. The molecule has 0 atom stereocenters. The van der Waals surface area contributed by atoms with Gasteiger partial charge in [-0.15, -0.1) is 5.41 Å². The molecule has 0 amide bonds. The predicted molar refractivity (Wildman–Crippen MR) is 18.8 cm³/mol. The van der Waals surface area contributed by atoms with Crippen LogP contribution in [0.15, 0.2) is 0 Å². The van der Waals surface area contributed by atoms with E-state index in [1.807, 2.05) is 0 Å². The van der Waals surface area contributed by atoms with Crippen molar-refractivity contribution >= 4 is 27.8 Å². The average molecular weight is 96.9 g/mol. The Morgan fingerprint density at radius 2 is 1.50 bits per heavy atom. The maximum atomic E-state index is 7.50. The first-order chi connectivity index (χ1) is 1.73. The molecule has 0 aliphatic heterocycles. The summed E-state index contributed by atoms with van der Waals surface area (Å²) in [6.45, 7) is 0. The van der Waals surface area contributed by atoms with Crippen molar-refractivity contribution in [1.29, 1.82) is 0 Å². The first-order valence-corrected chi connectivity index (χ1v) is 1.36. The molecule has 0 aromatic rings. The van der Waals surface area contributed by atoms with E-state index in [0.717, 1.165) is 0 Å². The SMILES string of the molecule is [N]=C(Cl)Cl. The van der Waals surface area contributed by atoms with Gasteiger partial charge < -0.3 is 0 Å². The summed E-state index contributed by atoms with van der Waals surface area (Å²) in [7, 11) is 0. The van der Waals surface area contributed by atoms with E-state index in [2.05, 4.69) is 23.2 Å². The summed E-state index contributed by atoms with van der Waals surface area (Å²) in [4.78, 5) is 0. The van der Waals surface area contributed by atoms with Crippen LogP contribution in [0.4, 0.5) is 0 Å². The van der Waals surface area contributed by atoms with Gasteiger partial charge in [0.2, 0.25) is 4.63 Å². The van der Waals surface area contributed by atoms with Crippen LogP contribution in [0.3, 0.4) is 0 Å². The highest BCUT2D eigenvalue weighted by atomic mass is 35.5. The van der Waals surface area contributed by atoms with Crippen molar-refractivity contribution in [1.82, 2.24) is 5.41 Å². The summed E-state index contributed by atoms with van der Waals surface area (Å²) in [6.07, 6.45) is 0. The summed E-state index contributed by atoms with van der Waals surface area (Å²) < 4.78 is -0.639. The Morgan fingerprint density at radius 1 is 1.50 bits per heavy atom. The Morgan fingerprint density at radius 3 is 1.50 bits per heavy atom. The fraction of sp³-hybridized carbons (Fsp3) is 0. The number of rotatable bonds is 0. The highest BCUT2D eigenvalue weighted by molar-refractivity contribution is 6.94. The van der Waals surface area contributed by atoms with Gasteiger partial charge in [-0.25, -0.2) is 0 Å². The largest absolute Gasteiger partial charge is 0.218 e. The Bertz CT molecular complexity index is 29.0. The minimum absolute atomic E-state index is 0.639. The molecule has 1 nitrogen and oxygen atoms in total. The van der Waals surface area contributed by atoms with Crippen molar-refractivity contribution < 1.29 is 0 Å². The van der Waals surface area contributed by atoms with Crippen LogP contribution in [0.25, 0.3) is 0 Å². The maximum Gasteiger partial charge on any atom is 0.218 e. The summed E-state index contributed by atoms with van der Waals surface area (Å²) >= 11 is 9.02. The molecule has 0 fully saturated rings. The van der Waals surface area contributed by atoms with E-state index < -0.39 is 4.63 Å². The van der Waals surface area contributed by atoms with Crippen LogP contribution in [-0.4, -0.2) is 4.63 Å². The van der Waals surface area contributed by atoms with Gasteiger partial charge in [0, 0.05) is 0 Å². The van der Waals surface area contributed by atoms with E-state index in [1.165, 1.54) is 0 Å². The molecule has 0 bridgehead atoms. The van der Waals surface area contributed by atoms with E-state index in [-0.39, 0.29) is 0 Å². The lowest BCUT2D eigenvalue weighted by atomic mass is 11.7. The second kappa shape index (κ2) is 1.56. The molecule has 0 rings (SSSR count). The van der Waals surface area contributed by atoms with Crippen LogP contribution in [0, 0.1) is 0 Å². The first kappa shape index (κ1) is 4.25. The van der Waals surface area contributed by atoms with Gasteiger partial charge in [-0.05, 0) is 23.2 Å². The standard InChI is InChI=1S/CCl2N/c2-1(3)4. The van der Waals surface area contributed by atoms with Crippen molar-refractivity contribution in [2.45, 2.75) is 0 Å². The lowest BCUT2D eigenvalue weighted by Crippen LogP contribution is -1.60. The number of halogens is 2. The van der Waals surface area contributed by atoms with Crippen LogP contribution in [-0.2, 0) is 0 Å². The molecular weight excluding hydrogens is 96.9 g/mol. The van der Waals surface area contributed by atoms with Crippen molar-refractivity contribution in [2.24, 2.45) is 0 Å². The number of hydrogen-bond donors (Lipinski definition) is 0. The Hall–Kier alpha value is 0.250. The van der Waals surface area contributed by atoms with Crippen LogP contribution in [0.5, 0.6) is 0 Å². The molecular formula is CCl2N. The second-order valence-electron chi connectivity index (χ2n) is 0.240. The highest BCUT2D eigenvalue weighted by Crippen LogP contribution is 1.78. The third kappa shape index (κ3) is 56.3. The van der Waals surface area contributed by atoms with Gasteiger partial charge in [-0.2, -0.15) is 0 Å². The zero-order valence-electron chi connectivity index (χ0n) is 1.70. The van der Waals surface area contributed by atoms with Crippen LogP contribution in [0.2, 0.25) is 0 Å². The summed E-state index contributed by atoms with van der Waals surface area (Å²) in [5.41, 5.74) is 0. The van der Waals surface area contributed by atoms with Gasteiger partial charge in [-0.3, -0.25) is 0 Å². The van der Waals surface area contributed by atoms with Crippen molar-refractivity contribution in [3.63, 3.8) is 0 Å². The van der Waals surface area contributed by atoms with Gasteiger partial charge in [0.15, 0.2) is 0 Å². The lowest BCUT2D eigenvalue weighted by molar-refractivity contribution is 1.94. The highest BCUT2D eigenvalue weighted by Gasteiger charge is 1.67.